The quantitative estimate of drug-likeness (QED) is 0.895. The third-order valence-corrected chi connectivity index (χ3v) is 4.70. The fourth-order valence-corrected chi connectivity index (χ4v) is 3.53. The number of H-pyrrole nitrogens is 2. The number of pyridine rings is 1. The van der Waals surface area contributed by atoms with Gasteiger partial charge in [-0.15, -0.1) is 0 Å². The van der Waals surface area contributed by atoms with Crippen LogP contribution >= 0.6 is 11.6 Å². The number of rotatable bonds is 2. The first-order valence-electron chi connectivity index (χ1n) is 7.62. The molecule has 2 N–H and O–H groups in total. The number of nitrogens with zero attached hydrogens (tertiary/aromatic N) is 2. The Hall–Kier alpha value is -1.85. The Morgan fingerprint density at radius 3 is 2.82 bits per heavy atom. The summed E-state index contributed by atoms with van der Waals surface area (Å²) in [6.45, 7) is 2.38. The summed E-state index contributed by atoms with van der Waals surface area (Å²) >= 11 is 6.33. The Labute approximate surface area is 132 Å². The SMILES string of the molecule is O=c1[nH]c2cc(Cl)c(C3=CCC(N4CCCC4)C=C3)nc2[nH]1. The third kappa shape index (κ3) is 2.40. The highest BCUT2D eigenvalue weighted by molar-refractivity contribution is 6.32. The van der Waals surface area contributed by atoms with Gasteiger partial charge in [-0.2, -0.15) is 0 Å². The van der Waals surface area contributed by atoms with E-state index in [0.29, 0.717) is 22.2 Å². The van der Waals surface area contributed by atoms with Crippen LogP contribution in [0.25, 0.3) is 16.7 Å². The maximum atomic E-state index is 11.3. The predicted octanol–water partition coefficient (Wildman–Crippen LogP) is 2.71. The third-order valence-electron chi connectivity index (χ3n) is 4.42. The number of aromatic nitrogens is 3. The van der Waals surface area contributed by atoms with E-state index in [1.807, 2.05) is 0 Å². The maximum Gasteiger partial charge on any atom is 0.325 e. The van der Waals surface area contributed by atoms with Gasteiger partial charge in [0, 0.05) is 6.04 Å². The van der Waals surface area contributed by atoms with Gasteiger partial charge in [0.15, 0.2) is 5.65 Å². The second kappa shape index (κ2) is 5.41. The predicted molar refractivity (Wildman–Crippen MR) is 88.1 cm³/mol. The summed E-state index contributed by atoms with van der Waals surface area (Å²) in [6.07, 6.45) is 10.1. The van der Waals surface area contributed by atoms with Crippen LogP contribution in [0.5, 0.6) is 0 Å². The Morgan fingerprint density at radius 1 is 1.27 bits per heavy atom. The highest BCUT2D eigenvalue weighted by atomic mass is 35.5. The van der Waals surface area contributed by atoms with Gasteiger partial charge in [0.25, 0.3) is 0 Å². The van der Waals surface area contributed by atoms with Crippen LogP contribution in [0.4, 0.5) is 0 Å². The zero-order valence-electron chi connectivity index (χ0n) is 12.1. The standard InChI is InChI=1S/C16H17ClN4O/c17-12-9-13-15(20-16(22)18-13)19-14(12)10-3-5-11(6-4-10)21-7-1-2-8-21/h3-5,9,11H,1-2,6-8H2,(H2,18,19,20,22). The number of hydrogen-bond acceptors (Lipinski definition) is 3. The minimum atomic E-state index is -0.266. The molecule has 0 spiro atoms. The first-order valence-corrected chi connectivity index (χ1v) is 8.00. The molecule has 3 heterocycles. The van der Waals surface area contributed by atoms with Crippen LogP contribution in [0.2, 0.25) is 5.02 Å². The van der Waals surface area contributed by atoms with Crippen LogP contribution in [0.3, 0.4) is 0 Å². The summed E-state index contributed by atoms with van der Waals surface area (Å²) in [4.78, 5) is 23.7. The van der Waals surface area contributed by atoms with Crippen molar-refractivity contribution >= 4 is 28.3 Å². The van der Waals surface area contributed by atoms with Crippen LogP contribution in [0, 0.1) is 0 Å². The molecule has 1 unspecified atom stereocenters. The Balaban J connectivity index is 1.63. The van der Waals surface area contributed by atoms with E-state index in [1.165, 1.54) is 25.9 Å². The van der Waals surface area contributed by atoms with Crippen LogP contribution in [-0.2, 0) is 0 Å². The molecule has 2 aromatic rings. The average molecular weight is 317 g/mol. The lowest BCUT2D eigenvalue weighted by molar-refractivity contribution is 0.284. The van der Waals surface area contributed by atoms with E-state index in [-0.39, 0.29) is 5.69 Å². The van der Waals surface area contributed by atoms with Gasteiger partial charge in [0.05, 0.1) is 16.2 Å². The van der Waals surface area contributed by atoms with Gasteiger partial charge >= 0.3 is 5.69 Å². The zero-order chi connectivity index (χ0) is 15.1. The van der Waals surface area contributed by atoms with Crippen molar-refractivity contribution in [1.29, 1.82) is 0 Å². The van der Waals surface area contributed by atoms with Crippen molar-refractivity contribution < 1.29 is 0 Å². The summed E-state index contributed by atoms with van der Waals surface area (Å²) in [5.41, 5.74) is 2.65. The first-order chi connectivity index (χ1) is 10.7. The van der Waals surface area contributed by atoms with Crippen molar-refractivity contribution in [1.82, 2.24) is 19.9 Å². The molecule has 5 nitrogen and oxygen atoms in total. The van der Waals surface area contributed by atoms with Crippen LogP contribution in [-0.4, -0.2) is 39.0 Å². The van der Waals surface area contributed by atoms with E-state index in [1.54, 1.807) is 6.07 Å². The lowest BCUT2D eigenvalue weighted by Gasteiger charge is -2.26. The summed E-state index contributed by atoms with van der Waals surface area (Å²) in [5, 5.41) is 0.554. The number of likely N-dealkylation sites (tertiary alicyclic amines) is 1. The van der Waals surface area contributed by atoms with Crippen molar-refractivity contribution in [3.05, 3.63) is 45.5 Å². The molecule has 1 fully saturated rings. The number of imidazole rings is 1. The molecule has 0 radical (unpaired) electrons. The van der Waals surface area contributed by atoms with Crippen LogP contribution in [0.15, 0.2) is 29.1 Å². The molecule has 1 aliphatic carbocycles. The summed E-state index contributed by atoms with van der Waals surface area (Å²) < 4.78 is 0. The molecule has 1 aliphatic heterocycles. The number of hydrogen-bond donors (Lipinski definition) is 2. The Kier molecular flexibility index (Phi) is 3.39. The molecule has 1 atom stereocenters. The van der Waals surface area contributed by atoms with Gasteiger partial charge in [-0.25, -0.2) is 9.78 Å². The topological polar surface area (TPSA) is 64.8 Å². The van der Waals surface area contributed by atoms with Crippen molar-refractivity contribution in [3.63, 3.8) is 0 Å². The van der Waals surface area contributed by atoms with E-state index in [4.69, 9.17) is 11.6 Å². The zero-order valence-corrected chi connectivity index (χ0v) is 12.9. The number of allylic oxidation sites excluding steroid dienone is 2. The van der Waals surface area contributed by atoms with Gasteiger partial charge in [0.1, 0.15) is 0 Å². The highest BCUT2D eigenvalue weighted by Crippen LogP contribution is 2.29. The van der Waals surface area contributed by atoms with Crippen molar-refractivity contribution in [2.24, 2.45) is 0 Å². The van der Waals surface area contributed by atoms with Gasteiger partial charge in [-0.05, 0) is 44.0 Å². The summed E-state index contributed by atoms with van der Waals surface area (Å²) in [6, 6.07) is 2.24. The van der Waals surface area contributed by atoms with Crippen molar-refractivity contribution in [3.8, 4) is 0 Å². The van der Waals surface area contributed by atoms with Crippen LogP contribution < -0.4 is 5.69 Å². The average Bonchev–Trinajstić information content (AvgIpc) is 3.15. The fraction of sp³-hybridized carbons (Fsp3) is 0.375. The molecule has 6 heteroatoms. The minimum absolute atomic E-state index is 0.266. The first kappa shape index (κ1) is 13.8. The van der Waals surface area contributed by atoms with Crippen molar-refractivity contribution in [2.75, 3.05) is 13.1 Å². The Bertz CT molecular complexity index is 826. The normalized spacial score (nSPS) is 22.4. The molecule has 2 aliphatic rings. The fourth-order valence-electron chi connectivity index (χ4n) is 3.27. The molecule has 0 amide bonds. The van der Waals surface area contributed by atoms with E-state index in [0.717, 1.165) is 17.7 Å². The molecule has 2 aromatic heterocycles. The van der Waals surface area contributed by atoms with Gasteiger partial charge in [-0.1, -0.05) is 29.8 Å². The molecular weight excluding hydrogens is 300 g/mol. The lowest BCUT2D eigenvalue weighted by atomic mass is 9.99. The lowest BCUT2D eigenvalue weighted by Crippen LogP contribution is -2.31. The molecule has 114 valence electrons. The second-order valence-corrected chi connectivity index (χ2v) is 6.27. The largest absolute Gasteiger partial charge is 0.325 e. The number of aromatic amines is 2. The van der Waals surface area contributed by atoms with Gasteiger partial charge in [-0.3, -0.25) is 9.88 Å². The monoisotopic (exact) mass is 316 g/mol. The minimum Gasteiger partial charge on any atom is -0.304 e. The summed E-state index contributed by atoms with van der Waals surface area (Å²) in [7, 11) is 0. The Morgan fingerprint density at radius 2 is 2.09 bits per heavy atom. The van der Waals surface area contributed by atoms with E-state index in [2.05, 4.69) is 38.1 Å². The summed E-state index contributed by atoms with van der Waals surface area (Å²) in [5.74, 6) is 0. The smallest absolute Gasteiger partial charge is 0.304 e. The molecule has 1 saturated heterocycles. The molecular formula is C16H17ClN4O. The van der Waals surface area contributed by atoms with E-state index < -0.39 is 0 Å². The van der Waals surface area contributed by atoms with E-state index >= 15 is 0 Å². The maximum absolute atomic E-state index is 11.3. The number of fused-ring (bicyclic) bond motifs is 1. The van der Waals surface area contributed by atoms with Gasteiger partial charge < -0.3 is 4.98 Å². The molecule has 0 saturated carbocycles. The highest BCUT2D eigenvalue weighted by Gasteiger charge is 2.21. The number of nitrogens with one attached hydrogen (secondary N) is 2. The molecule has 0 aromatic carbocycles. The van der Waals surface area contributed by atoms with E-state index in [9.17, 15) is 4.79 Å². The van der Waals surface area contributed by atoms with Crippen molar-refractivity contribution in [2.45, 2.75) is 25.3 Å². The second-order valence-electron chi connectivity index (χ2n) is 5.86. The van der Waals surface area contributed by atoms with Crippen LogP contribution in [0.1, 0.15) is 25.0 Å². The molecule has 22 heavy (non-hydrogen) atoms. The van der Waals surface area contributed by atoms with Gasteiger partial charge in [0.2, 0.25) is 0 Å². The number of halogens is 1. The molecule has 4 rings (SSSR count). The molecule has 0 bridgehead atoms.